The van der Waals surface area contributed by atoms with Crippen molar-refractivity contribution in [3.63, 3.8) is 0 Å². The Morgan fingerprint density at radius 2 is 1.86 bits per heavy atom. The number of fused-ring (bicyclic) bond motifs is 5. The van der Waals surface area contributed by atoms with E-state index in [1.165, 1.54) is 17.5 Å². The lowest BCUT2D eigenvalue weighted by Gasteiger charge is -2.26. The fourth-order valence-corrected chi connectivity index (χ4v) is 3.95. The van der Waals surface area contributed by atoms with E-state index in [2.05, 4.69) is 24.3 Å². The maximum Gasteiger partial charge on any atom is 0.162 e. The minimum absolute atomic E-state index is 0.163. The molecule has 0 aliphatic heterocycles. The Labute approximate surface area is 129 Å². The summed E-state index contributed by atoms with van der Waals surface area (Å²) in [4.78, 5) is 11.0. The predicted molar refractivity (Wildman–Crippen MR) is 84.0 cm³/mol. The highest BCUT2D eigenvalue weighted by molar-refractivity contribution is 5.76. The molecule has 0 amide bonds. The van der Waals surface area contributed by atoms with Crippen LogP contribution in [0.1, 0.15) is 46.2 Å². The van der Waals surface area contributed by atoms with Crippen LogP contribution in [0.2, 0.25) is 0 Å². The molecule has 1 fully saturated rings. The smallest absolute Gasteiger partial charge is 0.162 e. The summed E-state index contributed by atoms with van der Waals surface area (Å²) in [6.45, 7) is 0. The molecule has 0 saturated heterocycles. The van der Waals surface area contributed by atoms with E-state index >= 15 is 0 Å². The summed E-state index contributed by atoms with van der Waals surface area (Å²) in [6, 6.07) is 14.0. The number of hydrogen-bond donors (Lipinski definition) is 0. The van der Waals surface area contributed by atoms with Crippen molar-refractivity contribution in [2.75, 3.05) is 7.11 Å². The van der Waals surface area contributed by atoms with Crippen molar-refractivity contribution in [3.8, 4) is 11.5 Å². The molecule has 2 aromatic carbocycles. The third kappa shape index (κ3) is 2.00. The monoisotopic (exact) mass is 294 g/mol. The van der Waals surface area contributed by atoms with E-state index in [-0.39, 0.29) is 6.10 Å². The third-order valence-electron chi connectivity index (χ3n) is 4.94. The van der Waals surface area contributed by atoms with Crippen LogP contribution in [-0.2, 0) is 0 Å². The number of carbonyl (C=O) groups is 1. The van der Waals surface area contributed by atoms with Gasteiger partial charge >= 0.3 is 0 Å². The molecular formula is C19H18O3. The van der Waals surface area contributed by atoms with Crippen molar-refractivity contribution in [1.82, 2.24) is 0 Å². The minimum atomic E-state index is 0.163. The first kappa shape index (κ1) is 13.4. The molecule has 3 atom stereocenters. The molecule has 0 N–H and O–H groups in total. The van der Waals surface area contributed by atoms with Gasteiger partial charge in [0.05, 0.1) is 7.11 Å². The Morgan fingerprint density at radius 1 is 1.05 bits per heavy atom. The zero-order valence-corrected chi connectivity index (χ0v) is 12.5. The van der Waals surface area contributed by atoms with E-state index in [4.69, 9.17) is 9.47 Å². The zero-order valence-electron chi connectivity index (χ0n) is 12.5. The SMILES string of the molecule is COc1ccc(C=O)cc1OC1CC2CC1c1ccccc12. The van der Waals surface area contributed by atoms with E-state index < -0.39 is 0 Å². The second-order valence-corrected chi connectivity index (χ2v) is 6.09. The fourth-order valence-electron chi connectivity index (χ4n) is 3.95. The average molecular weight is 294 g/mol. The summed E-state index contributed by atoms with van der Waals surface area (Å²) < 4.78 is 11.6. The van der Waals surface area contributed by atoms with E-state index in [1.54, 1.807) is 25.3 Å². The molecule has 0 radical (unpaired) electrons. The predicted octanol–water partition coefficient (Wildman–Crippen LogP) is 3.93. The average Bonchev–Trinajstić information content (AvgIpc) is 3.14. The first-order valence-corrected chi connectivity index (χ1v) is 7.69. The minimum Gasteiger partial charge on any atom is -0.493 e. The molecule has 0 spiro atoms. The molecule has 4 rings (SSSR count). The van der Waals surface area contributed by atoms with Gasteiger partial charge in [-0.25, -0.2) is 0 Å². The Hall–Kier alpha value is -2.29. The summed E-state index contributed by atoms with van der Waals surface area (Å²) in [5.41, 5.74) is 3.52. The number of carbonyl (C=O) groups excluding carboxylic acids is 1. The maximum absolute atomic E-state index is 11.0. The molecule has 1 saturated carbocycles. The van der Waals surface area contributed by atoms with Crippen LogP contribution in [0.15, 0.2) is 42.5 Å². The highest BCUT2D eigenvalue weighted by atomic mass is 16.5. The molecule has 3 nitrogen and oxygen atoms in total. The van der Waals surface area contributed by atoms with Crippen molar-refractivity contribution in [2.24, 2.45) is 0 Å². The van der Waals surface area contributed by atoms with Crippen LogP contribution < -0.4 is 9.47 Å². The second-order valence-electron chi connectivity index (χ2n) is 6.09. The maximum atomic E-state index is 11.0. The molecule has 0 heterocycles. The van der Waals surface area contributed by atoms with Gasteiger partial charge < -0.3 is 9.47 Å². The summed E-state index contributed by atoms with van der Waals surface area (Å²) in [5, 5.41) is 0. The van der Waals surface area contributed by atoms with Crippen molar-refractivity contribution in [2.45, 2.75) is 30.8 Å². The number of aldehydes is 1. The zero-order chi connectivity index (χ0) is 15.1. The lowest BCUT2D eigenvalue weighted by atomic mass is 9.90. The van der Waals surface area contributed by atoms with E-state index in [0.29, 0.717) is 28.9 Å². The molecule has 3 unspecified atom stereocenters. The van der Waals surface area contributed by atoms with Gasteiger partial charge in [-0.1, -0.05) is 24.3 Å². The number of benzene rings is 2. The molecular weight excluding hydrogens is 276 g/mol. The van der Waals surface area contributed by atoms with Crippen molar-refractivity contribution >= 4 is 6.29 Å². The van der Waals surface area contributed by atoms with E-state index in [9.17, 15) is 4.79 Å². The van der Waals surface area contributed by atoms with Crippen LogP contribution >= 0.6 is 0 Å². The van der Waals surface area contributed by atoms with Gasteiger partial charge in [0, 0.05) is 11.5 Å². The van der Waals surface area contributed by atoms with Crippen LogP contribution in [0.4, 0.5) is 0 Å². The standard InChI is InChI=1S/C19H18O3/c1-21-17-7-6-12(11-20)8-19(17)22-18-10-13-9-16(18)15-5-3-2-4-14(13)15/h2-8,11,13,16,18H,9-10H2,1H3. The molecule has 2 aliphatic carbocycles. The Morgan fingerprint density at radius 3 is 2.64 bits per heavy atom. The van der Waals surface area contributed by atoms with Gasteiger partial charge in [-0.3, -0.25) is 4.79 Å². The summed E-state index contributed by atoms with van der Waals surface area (Å²) in [7, 11) is 1.62. The van der Waals surface area contributed by atoms with Gasteiger partial charge in [0.15, 0.2) is 11.5 Å². The van der Waals surface area contributed by atoms with Gasteiger partial charge in [-0.15, -0.1) is 0 Å². The normalized spacial score (nSPS) is 24.9. The quantitative estimate of drug-likeness (QED) is 0.801. The first-order chi connectivity index (χ1) is 10.8. The highest BCUT2D eigenvalue weighted by Gasteiger charge is 2.45. The topological polar surface area (TPSA) is 35.5 Å². The van der Waals surface area contributed by atoms with Crippen LogP contribution in [-0.4, -0.2) is 19.5 Å². The van der Waals surface area contributed by atoms with E-state index in [1.807, 2.05) is 0 Å². The van der Waals surface area contributed by atoms with Crippen molar-refractivity contribution < 1.29 is 14.3 Å². The van der Waals surface area contributed by atoms with Crippen molar-refractivity contribution in [3.05, 3.63) is 59.2 Å². The lowest BCUT2D eigenvalue weighted by Crippen LogP contribution is -2.23. The summed E-state index contributed by atoms with van der Waals surface area (Å²) in [6.07, 6.45) is 3.20. The summed E-state index contributed by atoms with van der Waals surface area (Å²) >= 11 is 0. The van der Waals surface area contributed by atoms with Crippen LogP contribution in [0.5, 0.6) is 11.5 Å². The Bertz CT molecular complexity index is 722. The molecule has 2 bridgehead atoms. The van der Waals surface area contributed by atoms with Crippen LogP contribution in [0, 0.1) is 0 Å². The highest BCUT2D eigenvalue weighted by Crippen LogP contribution is 2.54. The van der Waals surface area contributed by atoms with Crippen LogP contribution in [0.25, 0.3) is 0 Å². The largest absolute Gasteiger partial charge is 0.493 e. The molecule has 0 aromatic heterocycles. The third-order valence-corrected chi connectivity index (χ3v) is 4.94. The Kier molecular flexibility index (Phi) is 3.14. The number of hydrogen-bond acceptors (Lipinski definition) is 3. The van der Waals surface area contributed by atoms with Crippen molar-refractivity contribution in [1.29, 1.82) is 0 Å². The number of rotatable bonds is 4. The van der Waals surface area contributed by atoms with Crippen LogP contribution in [0.3, 0.4) is 0 Å². The lowest BCUT2D eigenvalue weighted by molar-refractivity contribution is 0.112. The van der Waals surface area contributed by atoms with Gasteiger partial charge in [-0.05, 0) is 48.1 Å². The van der Waals surface area contributed by atoms with E-state index in [0.717, 1.165) is 12.7 Å². The molecule has 3 heteroatoms. The Balaban J connectivity index is 1.63. The van der Waals surface area contributed by atoms with Gasteiger partial charge in [-0.2, -0.15) is 0 Å². The molecule has 2 aliphatic rings. The first-order valence-electron chi connectivity index (χ1n) is 7.69. The molecule has 112 valence electrons. The van der Waals surface area contributed by atoms with Gasteiger partial charge in [0.25, 0.3) is 0 Å². The second kappa shape index (κ2) is 5.16. The summed E-state index contributed by atoms with van der Waals surface area (Å²) in [5.74, 6) is 2.40. The fraction of sp³-hybridized carbons (Fsp3) is 0.316. The number of methoxy groups -OCH3 is 1. The van der Waals surface area contributed by atoms with Gasteiger partial charge in [0.2, 0.25) is 0 Å². The number of ether oxygens (including phenoxy) is 2. The van der Waals surface area contributed by atoms with Gasteiger partial charge in [0.1, 0.15) is 12.4 Å². The molecule has 22 heavy (non-hydrogen) atoms. The molecule has 2 aromatic rings.